The van der Waals surface area contributed by atoms with Crippen molar-refractivity contribution in [1.29, 1.82) is 0 Å². The molecule has 1 aromatic carbocycles. The molecule has 1 aromatic rings. The smallest absolute Gasteiger partial charge is 0.327 e. The summed E-state index contributed by atoms with van der Waals surface area (Å²) in [4.78, 5) is 24.5. The molecule has 1 unspecified atom stereocenters. The van der Waals surface area contributed by atoms with E-state index in [1.807, 2.05) is 0 Å². The van der Waals surface area contributed by atoms with Crippen LogP contribution in [0.4, 0.5) is 14.9 Å². The van der Waals surface area contributed by atoms with Crippen LogP contribution in [-0.2, 0) is 4.79 Å². The van der Waals surface area contributed by atoms with Crippen LogP contribution < -0.4 is 10.1 Å². The summed E-state index contributed by atoms with van der Waals surface area (Å²) in [6, 6.07) is 2.60. The summed E-state index contributed by atoms with van der Waals surface area (Å²) in [6.45, 7) is 0.339. The SMILES string of the molecule is COc1ccc(NC(=O)N2CCSCC2C(=O)O)cc1F. The van der Waals surface area contributed by atoms with Gasteiger partial charge in [-0.05, 0) is 12.1 Å². The molecule has 1 aliphatic rings. The largest absolute Gasteiger partial charge is 0.494 e. The van der Waals surface area contributed by atoms with Crippen LogP contribution in [-0.4, -0.2) is 53.2 Å². The van der Waals surface area contributed by atoms with E-state index in [0.717, 1.165) is 6.07 Å². The quantitative estimate of drug-likeness (QED) is 0.890. The Morgan fingerprint density at radius 2 is 2.29 bits per heavy atom. The number of amides is 2. The lowest BCUT2D eigenvalue weighted by atomic mass is 10.2. The Balaban J connectivity index is 2.09. The van der Waals surface area contributed by atoms with Crippen molar-refractivity contribution in [2.24, 2.45) is 0 Å². The molecule has 0 aromatic heterocycles. The highest BCUT2D eigenvalue weighted by molar-refractivity contribution is 7.99. The number of hydrogen-bond acceptors (Lipinski definition) is 4. The van der Waals surface area contributed by atoms with Crippen LogP contribution in [0.2, 0.25) is 0 Å². The average Bonchev–Trinajstić information content (AvgIpc) is 2.47. The highest BCUT2D eigenvalue weighted by Gasteiger charge is 2.32. The van der Waals surface area contributed by atoms with Crippen LogP contribution in [0.3, 0.4) is 0 Å². The maximum absolute atomic E-state index is 13.6. The first-order valence-corrected chi connectivity index (χ1v) is 7.40. The predicted octanol–water partition coefficient (Wildman–Crippen LogP) is 1.87. The van der Waals surface area contributed by atoms with Crippen LogP contribution in [0.1, 0.15) is 0 Å². The molecule has 1 fully saturated rings. The third-order valence-corrected chi connectivity index (χ3v) is 4.10. The number of carbonyl (C=O) groups is 2. The zero-order chi connectivity index (χ0) is 15.4. The second-order valence-corrected chi connectivity index (χ2v) is 5.55. The van der Waals surface area contributed by atoms with Crippen molar-refractivity contribution in [3.63, 3.8) is 0 Å². The lowest BCUT2D eigenvalue weighted by Gasteiger charge is -2.32. The van der Waals surface area contributed by atoms with E-state index in [9.17, 15) is 14.0 Å². The molecule has 6 nitrogen and oxygen atoms in total. The Morgan fingerprint density at radius 1 is 1.52 bits per heavy atom. The lowest BCUT2D eigenvalue weighted by molar-refractivity contribution is -0.141. The average molecular weight is 314 g/mol. The van der Waals surface area contributed by atoms with Crippen LogP contribution in [0.25, 0.3) is 0 Å². The molecule has 1 aliphatic heterocycles. The third-order valence-electron chi connectivity index (χ3n) is 3.08. The molecule has 0 aliphatic carbocycles. The van der Waals surface area contributed by atoms with Crippen molar-refractivity contribution < 1.29 is 23.8 Å². The number of halogens is 1. The first-order valence-electron chi connectivity index (χ1n) is 6.24. The molecule has 1 atom stereocenters. The number of carboxylic acids is 1. The minimum absolute atomic E-state index is 0.0748. The van der Waals surface area contributed by atoms with Gasteiger partial charge in [0.15, 0.2) is 11.6 Å². The lowest BCUT2D eigenvalue weighted by Crippen LogP contribution is -2.51. The number of nitrogens with zero attached hydrogens (tertiary/aromatic N) is 1. The van der Waals surface area contributed by atoms with Gasteiger partial charge in [0.1, 0.15) is 6.04 Å². The highest BCUT2D eigenvalue weighted by Crippen LogP contribution is 2.22. The molecule has 0 spiro atoms. The molecule has 0 saturated carbocycles. The van der Waals surface area contributed by atoms with Crippen LogP contribution in [0, 0.1) is 5.82 Å². The molecule has 8 heteroatoms. The summed E-state index contributed by atoms with van der Waals surface area (Å²) < 4.78 is 18.4. The van der Waals surface area contributed by atoms with Crippen LogP contribution in [0.15, 0.2) is 18.2 Å². The van der Waals surface area contributed by atoms with Crippen molar-refractivity contribution in [3.05, 3.63) is 24.0 Å². The first kappa shape index (κ1) is 15.4. The molecular formula is C13H15FN2O4S. The molecule has 1 saturated heterocycles. The Morgan fingerprint density at radius 3 is 2.90 bits per heavy atom. The number of carbonyl (C=O) groups excluding carboxylic acids is 1. The first-order chi connectivity index (χ1) is 10.0. The monoisotopic (exact) mass is 314 g/mol. The van der Waals surface area contributed by atoms with Crippen LogP contribution >= 0.6 is 11.8 Å². The van der Waals surface area contributed by atoms with E-state index in [4.69, 9.17) is 9.84 Å². The second-order valence-electron chi connectivity index (χ2n) is 4.40. The number of methoxy groups -OCH3 is 1. The molecule has 1 heterocycles. The fourth-order valence-electron chi connectivity index (χ4n) is 1.99. The van der Waals surface area contributed by atoms with Gasteiger partial charge < -0.3 is 20.1 Å². The van der Waals surface area contributed by atoms with Gasteiger partial charge in [-0.2, -0.15) is 11.8 Å². The molecule has 114 valence electrons. The van der Waals surface area contributed by atoms with E-state index in [1.54, 1.807) is 0 Å². The van der Waals surface area contributed by atoms with E-state index < -0.39 is 23.9 Å². The number of nitrogens with one attached hydrogen (secondary N) is 1. The number of carboxylic acid groups (broad SMARTS) is 1. The summed E-state index contributed by atoms with van der Waals surface area (Å²) >= 11 is 1.49. The molecule has 0 bridgehead atoms. The van der Waals surface area contributed by atoms with Crippen molar-refractivity contribution >= 4 is 29.4 Å². The summed E-state index contributed by atoms with van der Waals surface area (Å²) in [7, 11) is 1.35. The van der Waals surface area contributed by atoms with Gasteiger partial charge in [-0.15, -0.1) is 0 Å². The van der Waals surface area contributed by atoms with Gasteiger partial charge in [0.25, 0.3) is 0 Å². The van der Waals surface area contributed by atoms with E-state index >= 15 is 0 Å². The molecule has 2 rings (SSSR count). The highest BCUT2D eigenvalue weighted by atomic mass is 32.2. The number of thioether (sulfide) groups is 1. The molecular weight excluding hydrogens is 299 g/mol. The van der Waals surface area contributed by atoms with Gasteiger partial charge in [0.05, 0.1) is 7.11 Å². The Hall–Kier alpha value is -1.96. The fraction of sp³-hybridized carbons (Fsp3) is 0.385. The Bertz CT molecular complexity index is 555. The van der Waals surface area contributed by atoms with Gasteiger partial charge in [-0.3, -0.25) is 0 Å². The predicted molar refractivity (Wildman–Crippen MR) is 77.4 cm³/mol. The third kappa shape index (κ3) is 3.57. The Kier molecular flexibility index (Phi) is 4.89. The van der Waals surface area contributed by atoms with Gasteiger partial charge in [-0.25, -0.2) is 14.0 Å². The minimum atomic E-state index is -1.04. The van der Waals surface area contributed by atoms with E-state index in [0.29, 0.717) is 18.1 Å². The number of hydrogen-bond donors (Lipinski definition) is 2. The van der Waals surface area contributed by atoms with E-state index in [1.165, 1.54) is 35.9 Å². The van der Waals surface area contributed by atoms with Gasteiger partial charge >= 0.3 is 12.0 Å². The summed E-state index contributed by atoms with van der Waals surface area (Å²) in [6.07, 6.45) is 0. The normalized spacial score (nSPS) is 18.2. The summed E-state index contributed by atoms with van der Waals surface area (Å²) in [5, 5.41) is 11.6. The van der Waals surface area contributed by atoms with E-state index in [2.05, 4.69) is 5.32 Å². The van der Waals surface area contributed by atoms with Crippen LogP contribution in [0.5, 0.6) is 5.75 Å². The van der Waals surface area contributed by atoms with Gasteiger partial charge in [0.2, 0.25) is 0 Å². The maximum Gasteiger partial charge on any atom is 0.327 e. The molecule has 2 N–H and O–H groups in total. The van der Waals surface area contributed by atoms with Crippen molar-refractivity contribution in [2.45, 2.75) is 6.04 Å². The summed E-state index contributed by atoms with van der Waals surface area (Å²) in [5.41, 5.74) is 0.251. The maximum atomic E-state index is 13.6. The number of benzene rings is 1. The molecule has 0 radical (unpaired) electrons. The minimum Gasteiger partial charge on any atom is -0.494 e. The Labute approximate surface area is 125 Å². The van der Waals surface area contributed by atoms with Crippen molar-refractivity contribution in [3.8, 4) is 5.75 Å². The topological polar surface area (TPSA) is 78.9 Å². The molecule has 21 heavy (non-hydrogen) atoms. The zero-order valence-corrected chi connectivity index (χ0v) is 12.2. The van der Waals surface area contributed by atoms with Gasteiger partial charge in [-0.1, -0.05) is 0 Å². The zero-order valence-electron chi connectivity index (χ0n) is 11.3. The summed E-state index contributed by atoms with van der Waals surface area (Å²) in [5.74, 6) is -0.545. The van der Waals surface area contributed by atoms with Gasteiger partial charge in [0, 0.05) is 29.8 Å². The van der Waals surface area contributed by atoms with Crippen molar-refractivity contribution in [1.82, 2.24) is 4.90 Å². The second kappa shape index (κ2) is 6.66. The van der Waals surface area contributed by atoms with E-state index in [-0.39, 0.29) is 11.4 Å². The number of urea groups is 1. The fourth-order valence-corrected chi connectivity index (χ4v) is 3.03. The molecule has 2 amide bonds. The van der Waals surface area contributed by atoms with Crippen molar-refractivity contribution in [2.75, 3.05) is 30.5 Å². The number of aliphatic carboxylic acids is 1. The number of anilines is 1. The standard InChI is InChI=1S/C13H15FN2O4S/c1-20-11-3-2-8(6-9(11)14)15-13(19)16-4-5-21-7-10(16)12(17)18/h2-3,6,10H,4-5,7H2,1H3,(H,15,19)(H,17,18). The number of rotatable bonds is 3. The number of ether oxygens (including phenoxy) is 1.